The molecule has 3 rings (SSSR count). The van der Waals surface area contributed by atoms with Gasteiger partial charge in [0, 0.05) is 37.1 Å². The molecular formula is C18H23N3O5S2. The van der Waals surface area contributed by atoms with Crippen LogP contribution in [0.2, 0.25) is 0 Å². The first-order valence-corrected chi connectivity index (χ1v) is 11.6. The van der Waals surface area contributed by atoms with E-state index in [9.17, 15) is 13.2 Å². The third-order valence-corrected chi connectivity index (χ3v) is 6.68. The van der Waals surface area contributed by atoms with Crippen molar-refractivity contribution < 1.29 is 22.7 Å². The lowest BCUT2D eigenvalue weighted by molar-refractivity contribution is 0.0948. The number of hydrogen-bond donors (Lipinski definition) is 1. The Morgan fingerprint density at radius 2 is 2.07 bits per heavy atom. The molecule has 8 nitrogen and oxygen atoms in total. The highest BCUT2D eigenvalue weighted by Gasteiger charge is 2.21. The Morgan fingerprint density at radius 1 is 1.29 bits per heavy atom. The van der Waals surface area contributed by atoms with Crippen LogP contribution in [-0.2, 0) is 16.4 Å². The van der Waals surface area contributed by atoms with E-state index in [1.807, 2.05) is 10.3 Å². The number of benzene rings is 1. The van der Waals surface area contributed by atoms with Gasteiger partial charge < -0.3 is 14.8 Å². The van der Waals surface area contributed by atoms with Crippen LogP contribution in [-0.4, -0.2) is 69.0 Å². The molecule has 1 N–H and O–H groups in total. The van der Waals surface area contributed by atoms with Crippen LogP contribution < -0.4 is 14.8 Å². The minimum atomic E-state index is -2.89. The van der Waals surface area contributed by atoms with Crippen molar-refractivity contribution in [2.75, 3.05) is 44.8 Å². The Balaban J connectivity index is 1.50. The summed E-state index contributed by atoms with van der Waals surface area (Å²) in [7, 11) is -1.36. The van der Waals surface area contributed by atoms with Crippen LogP contribution >= 0.6 is 11.3 Å². The number of methoxy groups -OCH3 is 1. The first-order chi connectivity index (χ1) is 13.5. The first-order valence-electron chi connectivity index (χ1n) is 8.86. The smallest absolute Gasteiger partial charge is 0.251 e. The normalized spacial score (nSPS) is 16.5. The molecule has 1 aromatic carbocycles. The molecular weight excluding hydrogens is 402 g/mol. The monoisotopic (exact) mass is 425 g/mol. The second kappa shape index (κ2) is 9.35. The summed E-state index contributed by atoms with van der Waals surface area (Å²) in [5, 5.41) is 4.77. The molecule has 0 saturated carbocycles. The topological polar surface area (TPSA) is 97.8 Å². The zero-order chi connectivity index (χ0) is 20.0. The van der Waals surface area contributed by atoms with Gasteiger partial charge in [-0.2, -0.15) is 0 Å². The Hall–Kier alpha value is -2.17. The van der Waals surface area contributed by atoms with Crippen molar-refractivity contribution >= 4 is 27.1 Å². The molecule has 28 heavy (non-hydrogen) atoms. The number of nitrogens with one attached hydrogen (secondary N) is 1. The molecule has 0 bridgehead atoms. The van der Waals surface area contributed by atoms with Gasteiger partial charge in [-0.15, -0.1) is 11.3 Å². The number of rotatable bonds is 8. The van der Waals surface area contributed by atoms with Crippen LogP contribution in [0.1, 0.15) is 16.1 Å². The van der Waals surface area contributed by atoms with Crippen LogP contribution in [0, 0.1) is 0 Å². The second-order valence-corrected chi connectivity index (χ2v) is 9.41. The highest BCUT2D eigenvalue weighted by atomic mass is 32.2. The third kappa shape index (κ3) is 5.66. The average Bonchev–Trinajstić information content (AvgIpc) is 3.21. The van der Waals surface area contributed by atoms with Crippen molar-refractivity contribution in [1.29, 1.82) is 0 Å². The molecule has 0 unspecified atom stereocenters. The van der Waals surface area contributed by atoms with E-state index in [4.69, 9.17) is 9.47 Å². The molecule has 1 fully saturated rings. The van der Waals surface area contributed by atoms with Gasteiger partial charge in [-0.3, -0.25) is 9.69 Å². The number of hydrogen-bond acceptors (Lipinski definition) is 8. The van der Waals surface area contributed by atoms with E-state index in [0.717, 1.165) is 5.69 Å². The summed E-state index contributed by atoms with van der Waals surface area (Å²) in [6.45, 7) is 2.42. The molecule has 1 amide bonds. The van der Waals surface area contributed by atoms with Crippen LogP contribution in [0.25, 0.3) is 0 Å². The quantitative estimate of drug-likeness (QED) is 0.678. The Kier molecular flexibility index (Phi) is 6.87. The third-order valence-electron chi connectivity index (χ3n) is 4.44. The Bertz CT molecular complexity index is 886. The molecule has 0 aliphatic carbocycles. The van der Waals surface area contributed by atoms with E-state index < -0.39 is 9.84 Å². The van der Waals surface area contributed by atoms with Crippen LogP contribution in [0.15, 0.2) is 29.1 Å². The van der Waals surface area contributed by atoms with Gasteiger partial charge in [0.05, 0.1) is 29.8 Å². The zero-order valence-corrected chi connectivity index (χ0v) is 17.2. The molecule has 1 aliphatic heterocycles. The van der Waals surface area contributed by atoms with Crippen molar-refractivity contribution in [3.05, 3.63) is 40.3 Å². The summed E-state index contributed by atoms with van der Waals surface area (Å²) in [6.07, 6.45) is 0. The maximum absolute atomic E-state index is 12.4. The molecule has 0 radical (unpaired) electrons. The van der Waals surface area contributed by atoms with E-state index in [0.29, 0.717) is 49.8 Å². The van der Waals surface area contributed by atoms with Crippen molar-refractivity contribution in [3.8, 4) is 11.5 Å². The molecule has 10 heteroatoms. The van der Waals surface area contributed by atoms with Gasteiger partial charge in [0.25, 0.3) is 5.91 Å². The number of nitrogens with zero attached hydrogens (tertiary/aromatic N) is 2. The van der Waals surface area contributed by atoms with Gasteiger partial charge in [-0.1, -0.05) is 0 Å². The molecule has 152 valence electrons. The summed E-state index contributed by atoms with van der Waals surface area (Å²) in [6, 6.07) is 5.02. The van der Waals surface area contributed by atoms with Gasteiger partial charge in [-0.25, -0.2) is 13.4 Å². The minimum absolute atomic E-state index is 0.181. The van der Waals surface area contributed by atoms with E-state index in [2.05, 4.69) is 10.3 Å². The van der Waals surface area contributed by atoms with Gasteiger partial charge in [0.2, 0.25) is 0 Å². The SMILES string of the molecule is COc1cc(C(=O)NCCN2CCS(=O)(=O)CC2)ccc1OCc1cscn1. The van der Waals surface area contributed by atoms with E-state index in [-0.39, 0.29) is 17.4 Å². The lowest BCUT2D eigenvalue weighted by atomic mass is 10.2. The summed E-state index contributed by atoms with van der Waals surface area (Å²) in [4.78, 5) is 18.6. The standard InChI is InChI=1S/C18H23N3O5S2/c1-25-17-10-14(2-3-16(17)26-11-15-12-27-13-20-15)18(22)19-4-5-21-6-8-28(23,24)9-7-21/h2-3,10,12-13H,4-9,11H2,1H3,(H,19,22). The number of carbonyl (C=O) groups is 1. The second-order valence-electron chi connectivity index (χ2n) is 6.38. The molecule has 1 aliphatic rings. The highest BCUT2D eigenvalue weighted by Crippen LogP contribution is 2.28. The minimum Gasteiger partial charge on any atom is -0.493 e. The van der Waals surface area contributed by atoms with E-state index in [1.54, 1.807) is 23.7 Å². The van der Waals surface area contributed by atoms with Gasteiger partial charge in [0.1, 0.15) is 6.61 Å². The highest BCUT2D eigenvalue weighted by molar-refractivity contribution is 7.91. The first kappa shape index (κ1) is 20.6. The number of amides is 1. The molecule has 1 aromatic heterocycles. The molecule has 0 spiro atoms. The molecule has 2 aromatic rings. The predicted molar refractivity (Wildman–Crippen MR) is 107 cm³/mol. The summed E-state index contributed by atoms with van der Waals surface area (Å²) < 4.78 is 33.9. The number of thiazole rings is 1. The number of carbonyl (C=O) groups excluding carboxylic acids is 1. The predicted octanol–water partition coefficient (Wildman–Crippen LogP) is 1.19. The fourth-order valence-electron chi connectivity index (χ4n) is 2.79. The van der Waals surface area contributed by atoms with Gasteiger partial charge in [-0.05, 0) is 18.2 Å². The van der Waals surface area contributed by atoms with E-state index >= 15 is 0 Å². The molecule has 1 saturated heterocycles. The van der Waals surface area contributed by atoms with Crippen LogP contribution in [0.5, 0.6) is 11.5 Å². The van der Waals surface area contributed by atoms with Crippen molar-refractivity contribution in [2.24, 2.45) is 0 Å². The lowest BCUT2D eigenvalue weighted by Crippen LogP contribution is -2.43. The maximum Gasteiger partial charge on any atom is 0.251 e. The fourth-order valence-corrected chi connectivity index (χ4v) is 4.61. The largest absolute Gasteiger partial charge is 0.493 e. The van der Waals surface area contributed by atoms with Crippen LogP contribution in [0.3, 0.4) is 0 Å². The van der Waals surface area contributed by atoms with Crippen LogP contribution in [0.4, 0.5) is 0 Å². The number of sulfone groups is 1. The van der Waals surface area contributed by atoms with Gasteiger partial charge in [0.15, 0.2) is 21.3 Å². The summed E-state index contributed by atoms with van der Waals surface area (Å²) in [5.41, 5.74) is 3.05. The van der Waals surface area contributed by atoms with Crippen molar-refractivity contribution in [2.45, 2.75) is 6.61 Å². The lowest BCUT2D eigenvalue weighted by Gasteiger charge is -2.26. The molecule has 0 atom stereocenters. The number of ether oxygens (including phenoxy) is 2. The van der Waals surface area contributed by atoms with E-state index in [1.165, 1.54) is 18.4 Å². The summed E-state index contributed by atoms with van der Waals surface area (Å²) >= 11 is 1.50. The Labute approximate surface area is 168 Å². The summed E-state index contributed by atoms with van der Waals surface area (Å²) in [5.74, 6) is 1.17. The maximum atomic E-state index is 12.4. The van der Waals surface area contributed by atoms with Crippen molar-refractivity contribution in [3.63, 3.8) is 0 Å². The Morgan fingerprint density at radius 3 is 2.75 bits per heavy atom. The number of aromatic nitrogens is 1. The average molecular weight is 426 g/mol. The zero-order valence-electron chi connectivity index (χ0n) is 15.6. The van der Waals surface area contributed by atoms with Gasteiger partial charge >= 0.3 is 0 Å². The molecule has 2 heterocycles. The fraction of sp³-hybridized carbons (Fsp3) is 0.444. The van der Waals surface area contributed by atoms with Crippen molar-refractivity contribution in [1.82, 2.24) is 15.2 Å².